The summed E-state index contributed by atoms with van der Waals surface area (Å²) < 4.78 is 6.65. The SMILES string of the molecule is CC(C)CCCOCc1c(N)cccc1Br. The van der Waals surface area contributed by atoms with Gasteiger partial charge in [0.25, 0.3) is 0 Å². The van der Waals surface area contributed by atoms with Gasteiger partial charge in [0.15, 0.2) is 0 Å². The lowest BCUT2D eigenvalue weighted by Gasteiger charge is -2.09. The summed E-state index contributed by atoms with van der Waals surface area (Å²) in [6.45, 7) is 5.85. The van der Waals surface area contributed by atoms with Crippen molar-refractivity contribution in [2.75, 3.05) is 12.3 Å². The number of benzene rings is 1. The van der Waals surface area contributed by atoms with Crippen LogP contribution in [0.4, 0.5) is 5.69 Å². The summed E-state index contributed by atoms with van der Waals surface area (Å²) in [5.74, 6) is 0.747. The molecule has 0 saturated carbocycles. The van der Waals surface area contributed by atoms with Crippen molar-refractivity contribution in [2.24, 2.45) is 5.92 Å². The lowest BCUT2D eigenvalue weighted by Crippen LogP contribution is -2.01. The first-order chi connectivity index (χ1) is 7.61. The van der Waals surface area contributed by atoms with Crippen molar-refractivity contribution in [3.05, 3.63) is 28.2 Å². The molecule has 0 aromatic heterocycles. The summed E-state index contributed by atoms with van der Waals surface area (Å²) in [6.07, 6.45) is 2.33. The van der Waals surface area contributed by atoms with Gasteiger partial charge in [-0.3, -0.25) is 0 Å². The third kappa shape index (κ3) is 4.54. The molecular formula is C13H20BrNO. The van der Waals surface area contributed by atoms with Crippen molar-refractivity contribution in [1.82, 2.24) is 0 Å². The fraction of sp³-hybridized carbons (Fsp3) is 0.538. The number of hydrogen-bond donors (Lipinski definition) is 1. The normalized spacial score (nSPS) is 11.0. The summed E-state index contributed by atoms with van der Waals surface area (Å²) in [6, 6.07) is 5.82. The van der Waals surface area contributed by atoms with Gasteiger partial charge in [0.05, 0.1) is 6.61 Å². The molecule has 2 nitrogen and oxygen atoms in total. The van der Waals surface area contributed by atoms with Crippen molar-refractivity contribution in [3.63, 3.8) is 0 Å². The van der Waals surface area contributed by atoms with Gasteiger partial charge in [-0.15, -0.1) is 0 Å². The molecule has 0 radical (unpaired) electrons. The van der Waals surface area contributed by atoms with E-state index in [1.54, 1.807) is 0 Å². The first-order valence-electron chi connectivity index (χ1n) is 5.72. The van der Waals surface area contributed by atoms with Crippen molar-refractivity contribution in [1.29, 1.82) is 0 Å². The van der Waals surface area contributed by atoms with Crippen LogP contribution in [0.25, 0.3) is 0 Å². The molecule has 0 aliphatic carbocycles. The number of rotatable bonds is 6. The second-order valence-corrected chi connectivity index (χ2v) is 5.25. The Kier molecular flexibility index (Phi) is 5.85. The van der Waals surface area contributed by atoms with Crippen LogP contribution in [0.3, 0.4) is 0 Å². The molecule has 0 spiro atoms. The van der Waals surface area contributed by atoms with Gasteiger partial charge in [0.1, 0.15) is 0 Å². The lowest BCUT2D eigenvalue weighted by atomic mass is 10.1. The number of anilines is 1. The summed E-state index contributed by atoms with van der Waals surface area (Å²) >= 11 is 3.48. The lowest BCUT2D eigenvalue weighted by molar-refractivity contribution is 0.115. The zero-order valence-corrected chi connectivity index (χ0v) is 11.6. The first-order valence-corrected chi connectivity index (χ1v) is 6.51. The second kappa shape index (κ2) is 6.92. The Morgan fingerprint density at radius 1 is 1.38 bits per heavy atom. The van der Waals surface area contributed by atoms with E-state index in [0.29, 0.717) is 6.61 Å². The van der Waals surface area contributed by atoms with E-state index in [4.69, 9.17) is 10.5 Å². The fourth-order valence-electron chi connectivity index (χ4n) is 1.50. The summed E-state index contributed by atoms with van der Waals surface area (Å²) in [7, 11) is 0. The van der Waals surface area contributed by atoms with E-state index in [2.05, 4.69) is 29.8 Å². The van der Waals surface area contributed by atoms with E-state index < -0.39 is 0 Å². The molecule has 16 heavy (non-hydrogen) atoms. The average Bonchev–Trinajstić information content (AvgIpc) is 2.21. The van der Waals surface area contributed by atoms with Gasteiger partial charge < -0.3 is 10.5 Å². The Morgan fingerprint density at radius 3 is 2.75 bits per heavy atom. The number of hydrogen-bond acceptors (Lipinski definition) is 2. The number of ether oxygens (including phenoxy) is 1. The molecule has 0 aliphatic heterocycles. The van der Waals surface area contributed by atoms with Crippen LogP contribution in [0.2, 0.25) is 0 Å². The Labute approximate surface area is 106 Å². The monoisotopic (exact) mass is 285 g/mol. The van der Waals surface area contributed by atoms with Crippen LogP contribution in [-0.2, 0) is 11.3 Å². The van der Waals surface area contributed by atoms with E-state index in [-0.39, 0.29) is 0 Å². The standard InChI is InChI=1S/C13H20BrNO/c1-10(2)5-4-8-16-9-11-12(14)6-3-7-13(11)15/h3,6-7,10H,4-5,8-9,15H2,1-2H3. The second-order valence-electron chi connectivity index (χ2n) is 4.40. The minimum Gasteiger partial charge on any atom is -0.398 e. The van der Waals surface area contributed by atoms with Crippen molar-refractivity contribution < 1.29 is 4.74 Å². The maximum absolute atomic E-state index is 5.87. The number of nitrogens with two attached hydrogens (primary N) is 1. The zero-order valence-electron chi connectivity index (χ0n) is 10.0. The quantitative estimate of drug-likeness (QED) is 0.634. The fourth-order valence-corrected chi connectivity index (χ4v) is 1.99. The molecular weight excluding hydrogens is 266 g/mol. The minimum atomic E-state index is 0.589. The molecule has 3 heteroatoms. The van der Waals surface area contributed by atoms with Gasteiger partial charge in [-0.2, -0.15) is 0 Å². The number of halogens is 1. The topological polar surface area (TPSA) is 35.2 Å². The van der Waals surface area contributed by atoms with E-state index in [1.807, 2.05) is 18.2 Å². The van der Waals surface area contributed by atoms with Crippen LogP contribution in [0.1, 0.15) is 32.3 Å². The van der Waals surface area contributed by atoms with Crippen LogP contribution < -0.4 is 5.73 Å². The molecule has 0 fully saturated rings. The maximum Gasteiger partial charge on any atom is 0.0748 e. The van der Waals surface area contributed by atoms with Gasteiger partial charge >= 0.3 is 0 Å². The van der Waals surface area contributed by atoms with Crippen LogP contribution in [0, 0.1) is 5.92 Å². The van der Waals surface area contributed by atoms with Gasteiger partial charge in [0.2, 0.25) is 0 Å². The highest BCUT2D eigenvalue weighted by atomic mass is 79.9. The molecule has 0 heterocycles. The molecule has 0 bridgehead atoms. The predicted octanol–water partition coefficient (Wildman–Crippen LogP) is 3.98. The van der Waals surface area contributed by atoms with Crippen LogP contribution >= 0.6 is 15.9 Å². The molecule has 0 aliphatic rings. The largest absolute Gasteiger partial charge is 0.398 e. The third-order valence-electron chi connectivity index (χ3n) is 2.47. The highest BCUT2D eigenvalue weighted by molar-refractivity contribution is 9.10. The zero-order chi connectivity index (χ0) is 12.0. The van der Waals surface area contributed by atoms with Crippen LogP contribution in [0.5, 0.6) is 0 Å². The Balaban J connectivity index is 2.32. The minimum absolute atomic E-state index is 0.589. The third-order valence-corrected chi connectivity index (χ3v) is 3.21. The molecule has 0 unspecified atom stereocenters. The van der Waals surface area contributed by atoms with Gasteiger partial charge in [-0.1, -0.05) is 35.8 Å². The Morgan fingerprint density at radius 2 is 2.12 bits per heavy atom. The molecule has 1 aromatic carbocycles. The highest BCUT2D eigenvalue weighted by Gasteiger charge is 2.03. The predicted molar refractivity (Wildman–Crippen MR) is 72.3 cm³/mol. The average molecular weight is 286 g/mol. The van der Waals surface area contributed by atoms with Crippen LogP contribution in [0.15, 0.2) is 22.7 Å². The molecule has 1 aromatic rings. The Bertz CT molecular complexity index is 305. The maximum atomic E-state index is 5.87. The van der Waals surface area contributed by atoms with Gasteiger partial charge in [-0.05, 0) is 30.9 Å². The molecule has 0 saturated heterocycles. The molecule has 0 amide bonds. The summed E-state index contributed by atoms with van der Waals surface area (Å²) in [5, 5.41) is 0. The molecule has 2 N–H and O–H groups in total. The van der Waals surface area contributed by atoms with Crippen LogP contribution in [-0.4, -0.2) is 6.61 Å². The van der Waals surface area contributed by atoms with Crippen molar-refractivity contribution in [3.8, 4) is 0 Å². The first kappa shape index (κ1) is 13.5. The number of nitrogen functional groups attached to an aromatic ring is 1. The van der Waals surface area contributed by atoms with Crippen molar-refractivity contribution in [2.45, 2.75) is 33.3 Å². The van der Waals surface area contributed by atoms with E-state index in [0.717, 1.165) is 34.7 Å². The molecule has 0 atom stereocenters. The van der Waals surface area contributed by atoms with Gasteiger partial charge in [0, 0.05) is 22.3 Å². The van der Waals surface area contributed by atoms with Gasteiger partial charge in [-0.25, -0.2) is 0 Å². The van der Waals surface area contributed by atoms with E-state index in [1.165, 1.54) is 6.42 Å². The summed E-state index contributed by atoms with van der Waals surface area (Å²) in [5.41, 5.74) is 7.71. The smallest absolute Gasteiger partial charge is 0.0748 e. The van der Waals surface area contributed by atoms with E-state index >= 15 is 0 Å². The highest BCUT2D eigenvalue weighted by Crippen LogP contribution is 2.23. The van der Waals surface area contributed by atoms with Crippen molar-refractivity contribution >= 4 is 21.6 Å². The Hall–Kier alpha value is -0.540. The summed E-state index contributed by atoms with van der Waals surface area (Å²) in [4.78, 5) is 0. The molecule has 90 valence electrons. The van der Waals surface area contributed by atoms with E-state index in [9.17, 15) is 0 Å². The molecule has 1 rings (SSSR count).